The summed E-state index contributed by atoms with van der Waals surface area (Å²) in [5, 5.41) is 7.11. The topological polar surface area (TPSA) is 58.1 Å². The summed E-state index contributed by atoms with van der Waals surface area (Å²) in [6, 6.07) is 8.85. The van der Waals surface area contributed by atoms with Gasteiger partial charge in [-0.15, -0.1) is 24.0 Å². The van der Waals surface area contributed by atoms with Crippen molar-refractivity contribution in [3.8, 4) is 5.75 Å². The van der Waals surface area contributed by atoms with Crippen LogP contribution in [0, 0.1) is 5.92 Å². The summed E-state index contributed by atoms with van der Waals surface area (Å²) >= 11 is 0. The van der Waals surface area contributed by atoms with Crippen molar-refractivity contribution in [1.29, 1.82) is 0 Å². The molecule has 7 heteroatoms. The molecule has 2 fully saturated rings. The molecule has 1 aliphatic carbocycles. The van der Waals surface area contributed by atoms with Crippen molar-refractivity contribution < 1.29 is 9.47 Å². The van der Waals surface area contributed by atoms with Gasteiger partial charge >= 0.3 is 0 Å². The van der Waals surface area contributed by atoms with Crippen LogP contribution in [-0.2, 0) is 10.2 Å². The van der Waals surface area contributed by atoms with Crippen LogP contribution in [0.2, 0.25) is 0 Å². The molecule has 1 heterocycles. The van der Waals surface area contributed by atoms with Crippen molar-refractivity contribution in [2.75, 3.05) is 53.6 Å². The van der Waals surface area contributed by atoms with Crippen molar-refractivity contribution in [1.82, 2.24) is 15.5 Å². The zero-order valence-electron chi connectivity index (χ0n) is 18.2. The molecule has 0 amide bonds. The third-order valence-corrected chi connectivity index (χ3v) is 6.11. The highest BCUT2D eigenvalue weighted by Crippen LogP contribution is 2.50. The first-order valence-corrected chi connectivity index (χ1v) is 10.5. The summed E-state index contributed by atoms with van der Waals surface area (Å²) in [6.45, 7) is 10.0. The minimum absolute atomic E-state index is 0. The molecular formula is C22H37IN4O2. The number of guanidine groups is 1. The predicted octanol–water partition coefficient (Wildman–Crippen LogP) is 2.87. The normalized spacial score (nSPS) is 20.0. The van der Waals surface area contributed by atoms with Gasteiger partial charge in [-0.1, -0.05) is 32.0 Å². The van der Waals surface area contributed by atoms with E-state index in [-0.39, 0.29) is 29.4 Å². The van der Waals surface area contributed by atoms with E-state index in [1.807, 2.05) is 13.1 Å². The van der Waals surface area contributed by atoms with Crippen molar-refractivity contribution in [3.63, 3.8) is 0 Å². The Morgan fingerprint density at radius 2 is 1.90 bits per heavy atom. The molecule has 0 radical (unpaired) electrons. The fourth-order valence-corrected chi connectivity index (χ4v) is 4.15. The maximum absolute atomic E-state index is 5.59. The molecule has 1 aromatic carbocycles. The van der Waals surface area contributed by atoms with Crippen LogP contribution < -0.4 is 15.4 Å². The second-order valence-corrected chi connectivity index (χ2v) is 8.25. The number of hydrogen-bond acceptors (Lipinski definition) is 4. The Bertz CT molecular complexity index is 658. The number of hydrogen-bond donors (Lipinski definition) is 2. The lowest BCUT2D eigenvalue weighted by Crippen LogP contribution is -2.53. The van der Waals surface area contributed by atoms with Crippen molar-refractivity contribution in [2.24, 2.45) is 10.9 Å². The van der Waals surface area contributed by atoms with Gasteiger partial charge in [-0.25, -0.2) is 0 Å². The maximum Gasteiger partial charge on any atom is 0.191 e. The van der Waals surface area contributed by atoms with Crippen LogP contribution >= 0.6 is 24.0 Å². The Morgan fingerprint density at radius 3 is 2.48 bits per heavy atom. The van der Waals surface area contributed by atoms with E-state index in [0.717, 1.165) is 51.1 Å². The van der Waals surface area contributed by atoms with E-state index < -0.39 is 0 Å². The standard InChI is InChI=1S/C22H36N4O2.HI/c1-17(2)19(26-11-13-28-14-12-26)15-24-21(23-3)25-16-22(9-10-22)18-7-5-6-8-20(18)27-4;/h5-8,17,19H,9-16H2,1-4H3,(H2,23,24,25);1H. The van der Waals surface area contributed by atoms with Gasteiger partial charge in [0, 0.05) is 50.2 Å². The molecule has 1 atom stereocenters. The fraction of sp³-hybridized carbons (Fsp3) is 0.682. The molecule has 1 saturated heterocycles. The molecule has 0 bridgehead atoms. The van der Waals surface area contributed by atoms with Gasteiger partial charge in [0.2, 0.25) is 0 Å². The third-order valence-electron chi connectivity index (χ3n) is 6.11. The van der Waals surface area contributed by atoms with Gasteiger partial charge in [0.25, 0.3) is 0 Å². The molecule has 0 aromatic heterocycles. The number of ether oxygens (including phenoxy) is 2. The van der Waals surface area contributed by atoms with E-state index >= 15 is 0 Å². The third kappa shape index (κ3) is 6.21. The molecule has 0 spiro atoms. The number of methoxy groups -OCH3 is 1. The summed E-state index contributed by atoms with van der Waals surface area (Å²) < 4.78 is 11.1. The van der Waals surface area contributed by atoms with Crippen LogP contribution in [0.3, 0.4) is 0 Å². The molecule has 1 unspecified atom stereocenters. The smallest absolute Gasteiger partial charge is 0.191 e. The number of aliphatic imine (C=N–C) groups is 1. The van der Waals surface area contributed by atoms with E-state index in [0.29, 0.717) is 12.0 Å². The molecule has 1 aliphatic heterocycles. The zero-order valence-corrected chi connectivity index (χ0v) is 20.6. The first kappa shape index (κ1) is 24.2. The van der Waals surface area contributed by atoms with Gasteiger partial charge in [0.15, 0.2) is 5.96 Å². The van der Waals surface area contributed by atoms with E-state index in [9.17, 15) is 0 Å². The van der Waals surface area contributed by atoms with E-state index in [4.69, 9.17) is 9.47 Å². The SMILES string of the molecule is CN=C(NCC(C(C)C)N1CCOCC1)NCC1(c2ccccc2OC)CC1.I. The minimum atomic E-state index is 0. The number of nitrogens with one attached hydrogen (secondary N) is 2. The summed E-state index contributed by atoms with van der Waals surface area (Å²) in [6.07, 6.45) is 2.36. The van der Waals surface area contributed by atoms with Crippen molar-refractivity contribution in [3.05, 3.63) is 29.8 Å². The molecule has 1 aromatic rings. The van der Waals surface area contributed by atoms with Crippen LogP contribution in [0.1, 0.15) is 32.3 Å². The summed E-state index contributed by atoms with van der Waals surface area (Å²) in [4.78, 5) is 6.98. The lowest BCUT2D eigenvalue weighted by atomic mass is 9.95. The second-order valence-electron chi connectivity index (χ2n) is 8.25. The van der Waals surface area contributed by atoms with Crippen LogP contribution in [0.15, 0.2) is 29.3 Å². The average molecular weight is 516 g/mol. The molecule has 1 saturated carbocycles. The van der Waals surface area contributed by atoms with Gasteiger partial charge in [-0.05, 0) is 24.8 Å². The Labute approximate surface area is 192 Å². The highest BCUT2D eigenvalue weighted by Gasteiger charge is 2.46. The van der Waals surface area contributed by atoms with E-state index in [1.165, 1.54) is 18.4 Å². The number of nitrogens with zero attached hydrogens (tertiary/aromatic N) is 2. The Hall–Kier alpha value is -1.06. The first-order valence-electron chi connectivity index (χ1n) is 10.5. The van der Waals surface area contributed by atoms with Crippen LogP contribution in [0.25, 0.3) is 0 Å². The monoisotopic (exact) mass is 516 g/mol. The first-order chi connectivity index (χ1) is 13.6. The molecule has 164 valence electrons. The van der Waals surface area contributed by atoms with Crippen molar-refractivity contribution >= 4 is 29.9 Å². The summed E-state index contributed by atoms with van der Waals surface area (Å²) in [5.41, 5.74) is 1.46. The van der Waals surface area contributed by atoms with Crippen LogP contribution in [0.4, 0.5) is 0 Å². The lowest BCUT2D eigenvalue weighted by Gasteiger charge is -2.37. The highest BCUT2D eigenvalue weighted by atomic mass is 127. The number of halogens is 1. The van der Waals surface area contributed by atoms with Crippen LogP contribution in [0.5, 0.6) is 5.75 Å². The van der Waals surface area contributed by atoms with Gasteiger partial charge in [0.05, 0.1) is 20.3 Å². The maximum atomic E-state index is 5.59. The van der Waals surface area contributed by atoms with Crippen LogP contribution in [-0.4, -0.2) is 70.5 Å². The van der Waals surface area contributed by atoms with Gasteiger partial charge in [0.1, 0.15) is 5.75 Å². The largest absolute Gasteiger partial charge is 0.496 e. The van der Waals surface area contributed by atoms with Gasteiger partial charge < -0.3 is 20.1 Å². The summed E-state index contributed by atoms with van der Waals surface area (Å²) in [5.74, 6) is 2.43. The quantitative estimate of drug-likeness (QED) is 0.316. The average Bonchev–Trinajstić information content (AvgIpc) is 3.52. The Balaban J connectivity index is 0.00000300. The lowest BCUT2D eigenvalue weighted by molar-refractivity contribution is 0.00752. The minimum Gasteiger partial charge on any atom is -0.496 e. The van der Waals surface area contributed by atoms with E-state index in [2.05, 4.69) is 52.6 Å². The molecule has 2 aliphatic rings. The molecule has 6 nitrogen and oxygen atoms in total. The number of rotatable bonds is 8. The predicted molar refractivity (Wildman–Crippen MR) is 130 cm³/mol. The fourth-order valence-electron chi connectivity index (χ4n) is 4.15. The Morgan fingerprint density at radius 1 is 1.21 bits per heavy atom. The van der Waals surface area contributed by atoms with Gasteiger partial charge in [-0.2, -0.15) is 0 Å². The van der Waals surface area contributed by atoms with E-state index in [1.54, 1.807) is 7.11 Å². The Kier molecular flexibility index (Phi) is 9.49. The number of para-hydroxylation sites is 1. The number of morpholine rings is 1. The highest BCUT2D eigenvalue weighted by molar-refractivity contribution is 14.0. The second kappa shape index (κ2) is 11.4. The zero-order chi connectivity index (χ0) is 20.0. The molecule has 29 heavy (non-hydrogen) atoms. The van der Waals surface area contributed by atoms with Crippen molar-refractivity contribution in [2.45, 2.75) is 38.1 Å². The molecule has 2 N–H and O–H groups in total. The molecule has 3 rings (SSSR count). The molecular weight excluding hydrogens is 479 g/mol. The number of benzene rings is 1. The van der Waals surface area contributed by atoms with Gasteiger partial charge in [-0.3, -0.25) is 9.89 Å². The summed E-state index contributed by atoms with van der Waals surface area (Å²) in [7, 11) is 3.59.